The fraction of sp³-hybridized carbons (Fsp3) is 0.308. The maximum atomic E-state index is 11.1. The molecule has 0 spiro atoms. The van der Waals surface area contributed by atoms with E-state index < -0.39 is 0 Å². The lowest BCUT2D eigenvalue weighted by Gasteiger charge is -2.08. The average Bonchev–Trinajstić information content (AvgIpc) is 2.87. The molecule has 0 radical (unpaired) electrons. The van der Waals surface area contributed by atoms with Crippen molar-refractivity contribution in [2.75, 3.05) is 14.2 Å². The Hall–Kier alpha value is -2.37. The molecule has 6 nitrogen and oxygen atoms in total. The Kier molecular flexibility index (Phi) is 3.79. The molecule has 0 bridgehead atoms. The molecule has 0 aliphatic carbocycles. The molecule has 100 valence electrons. The summed E-state index contributed by atoms with van der Waals surface area (Å²) in [6.45, 7) is 1.38. The predicted octanol–water partition coefficient (Wildman–Crippen LogP) is 1.88. The van der Waals surface area contributed by atoms with E-state index in [1.165, 1.54) is 6.92 Å². The molecule has 0 atom stereocenters. The van der Waals surface area contributed by atoms with E-state index in [1.807, 2.05) is 12.1 Å². The van der Waals surface area contributed by atoms with Crippen LogP contribution in [0.2, 0.25) is 0 Å². The molecule has 0 saturated heterocycles. The maximum absolute atomic E-state index is 11.1. The van der Waals surface area contributed by atoms with Gasteiger partial charge in [0.25, 0.3) is 5.89 Å². The van der Waals surface area contributed by atoms with Gasteiger partial charge in [-0.1, -0.05) is 11.2 Å². The van der Waals surface area contributed by atoms with E-state index in [9.17, 15) is 4.79 Å². The minimum absolute atomic E-state index is 0.0236. The van der Waals surface area contributed by atoms with E-state index in [1.54, 1.807) is 20.3 Å². The van der Waals surface area contributed by atoms with Crippen molar-refractivity contribution in [3.63, 3.8) is 0 Å². The first-order chi connectivity index (χ1) is 9.13. The molecule has 1 aromatic carbocycles. The second-order valence-electron chi connectivity index (χ2n) is 3.94. The Morgan fingerprint density at radius 2 is 2.00 bits per heavy atom. The molecule has 0 aliphatic rings. The van der Waals surface area contributed by atoms with Crippen LogP contribution in [-0.2, 0) is 6.42 Å². The predicted molar refractivity (Wildman–Crippen MR) is 66.7 cm³/mol. The van der Waals surface area contributed by atoms with Gasteiger partial charge in [0.1, 0.15) is 0 Å². The fourth-order valence-corrected chi connectivity index (χ4v) is 1.64. The SMILES string of the molecule is COc1ccc(Cc2noc(C(C)=O)n2)cc1OC. The van der Waals surface area contributed by atoms with Gasteiger partial charge in [-0.15, -0.1) is 0 Å². The summed E-state index contributed by atoms with van der Waals surface area (Å²) in [4.78, 5) is 15.1. The minimum Gasteiger partial charge on any atom is -0.493 e. The largest absolute Gasteiger partial charge is 0.493 e. The highest BCUT2D eigenvalue weighted by Crippen LogP contribution is 2.28. The Morgan fingerprint density at radius 1 is 1.26 bits per heavy atom. The van der Waals surface area contributed by atoms with Crippen molar-refractivity contribution in [1.29, 1.82) is 0 Å². The number of ether oxygens (including phenoxy) is 2. The van der Waals surface area contributed by atoms with Crippen LogP contribution in [0.25, 0.3) is 0 Å². The number of nitrogens with zero attached hydrogens (tertiary/aromatic N) is 2. The monoisotopic (exact) mass is 262 g/mol. The van der Waals surface area contributed by atoms with Crippen LogP contribution >= 0.6 is 0 Å². The van der Waals surface area contributed by atoms with Crippen LogP contribution in [0.5, 0.6) is 11.5 Å². The third-order valence-electron chi connectivity index (χ3n) is 2.58. The van der Waals surface area contributed by atoms with Gasteiger partial charge >= 0.3 is 0 Å². The van der Waals surface area contributed by atoms with Gasteiger partial charge in [-0.25, -0.2) is 0 Å². The van der Waals surface area contributed by atoms with Crippen molar-refractivity contribution in [3.05, 3.63) is 35.5 Å². The molecule has 0 fully saturated rings. The molecule has 1 aromatic heterocycles. The van der Waals surface area contributed by atoms with Gasteiger partial charge < -0.3 is 14.0 Å². The Bertz CT molecular complexity index is 592. The molecule has 0 aliphatic heterocycles. The van der Waals surface area contributed by atoms with Gasteiger partial charge in [0.05, 0.1) is 14.2 Å². The number of hydrogen-bond acceptors (Lipinski definition) is 6. The molecule has 19 heavy (non-hydrogen) atoms. The van der Waals surface area contributed by atoms with Crippen LogP contribution in [0, 0.1) is 0 Å². The zero-order valence-electron chi connectivity index (χ0n) is 11.0. The third-order valence-corrected chi connectivity index (χ3v) is 2.58. The van der Waals surface area contributed by atoms with Gasteiger partial charge in [0.2, 0.25) is 5.78 Å². The lowest BCUT2D eigenvalue weighted by Crippen LogP contribution is -1.96. The van der Waals surface area contributed by atoms with Gasteiger partial charge in [-0.3, -0.25) is 4.79 Å². The van der Waals surface area contributed by atoms with Crippen LogP contribution in [0.1, 0.15) is 29.0 Å². The summed E-state index contributed by atoms with van der Waals surface area (Å²) in [5.74, 6) is 1.53. The van der Waals surface area contributed by atoms with Crippen molar-refractivity contribution < 1.29 is 18.8 Å². The standard InChI is InChI=1S/C13H14N2O4/c1-8(16)13-14-12(15-19-13)7-9-4-5-10(17-2)11(6-9)18-3/h4-6H,7H2,1-3H3. The van der Waals surface area contributed by atoms with Crippen molar-refractivity contribution in [1.82, 2.24) is 10.1 Å². The Morgan fingerprint density at radius 3 is 2.58 bits per heavy atom. The van der Waals surface area contributed by atoms with Crippen LogP contribution in [0.4, 0.5) is 0 Å². The summed E-state index contributed by atoms with van der Waals surface area (Å²) >= 11 is 0. The van der Waals surface area contributed by atoms with Crippen LogP contribution < -0.4 is 9.47 Å². The number of carbonyl (C=O) groups is 1. The van der Waals surface area contributed by atoms with Crippen molar-refractivity contribution in [2.45, 2.75) is 13.3 Å². The minimum atomic E-state index is -0.244. The lowest BCUT2D eigenvalue weighted by atomic mass is 10.1. The maximum Gasteiger partial charge on any atom is 0.293 e. The molecule has 0 unspecified atom stereocenters. The summed E-state index contributed by atoms with van der Waals surface area (Å²) in [6, 6.07) is 5.52. The first-order valence-electron chi connectivity index (χ1n) is 5.68. The van der Waals surface area contributed by atoms with Crippen molar-refractivity contribution >= 4 is 5.78 Å². The Balaban J connectivity index is 2.20. The fourth-order valence-electron chi connectivity index (χ4n) is 1.64. The molecule has 6 heteroatoms. The normalized spacial score (nSPS) is 10.3. The molecule has 0 saturated carbocycles. The second-order valence-corrected chi connectivity index (χ2v) is 3.94. The number of rotatable bonds is 5. The molecular weight excluding hydrogens is 248 g/mol. The van der Waals surface area contributed by atoms with E-state index in [0.717, 1.165) is 5.56 Å². The first-order valence-corrected chi connectivity index (χ1v) is 5.68. The summed E-state index contributed by atoms with van der Waals surface area (Å²) in [6.07, 6.45) is 0.455. The summed E-state index contributed by atoms with van der Waals surface area (Å²) in [7, 11) is 3.15. The number of benzene rings is 1. The smallest absolute Gasteiger partial charge is 0.293 e. The first kappa shape index (κ1) is 13.1. The molecule has 1 heterocycles. The van der Waals surface area contributed by atoms with Gasteiger partial charge in [-0.05, 0) is 17.7 Å². The highest BCUT2D eigenvalue weighted by atomic mass is 16.5. The average molecular weight is 262 g/mol. The highest BCUT2D eigenvalue weighted by Gasteiger charge is 2.12. The topological polar surface area (TPSA) is 74.5 Å². The van der Waals surface area contributed by atoms with Crippen molar-refractivity contribution in [2.24, 2.45) is 0 Å². The van der Waals surface area contributed by atoms with E-state index >= 15 is 0 Å². The Labute approximate surface area is 110 Å². The summed E-state index contributed by atoms with van der Waals surface area (Å²) in [5.41, 5.74) is 0.938. The number of hydrogen-bond donors (Lipinski definition) is 0. The lowest BCUT2D eigenvalue weighted by molar-refractivity contribution is 0.0972. The number of ketones is 1. The van der Waals surface area contributed by atoms with Gasteiger partial charge in [-0.2, -0.15) is 4.98 Å². The number of carbonyl (C=O) groups excluding carboxylic acids is 1. The van der Waals surface area contributed by atoms with Crippen LogP contribution in [-0.4, -0.2) is 30.1 Å². The van der Waals surface area contributed by atoms with Crippen molar-refractivity contribution in [3.8, 4) is 11.5 Å². The van der Waals surface area contributed by atoms with E-state index in [0.29, 0.717) is 23.7 Å². The highest BCUT2D eigenvalue weighted by molar-refractivity contribution is 5.89. The summed E-state index contributed by atoms with van der Waals surface area (Å²) < 4.78 is 15.2. The van der Waals surface area contributed by atoms with Crippen LogP contribution in [0.15, 0.2) is 22.7 Å². The van der Waals surface area contributed by atoms with Gasteiger partial charge in [0, 0.05) is 13.3 Å². The van der Waals surface area contributed by atoms with Crippen LogP contribution in [0.3, 0.4) is 0 Å². The second kappa shape index (κ2) is 5.51. The zero-order chi connectivity index (χ0) is 13.8. The van der Waals surface area contributed by atoms with E-state index in [-0.39, 0.29) is 11.7 Å². The summed E-state index contributed by atoms with van der Waals surface area (Å²) in [5, 5.41) is 3.75. The molecule has 2 rings (SSSR count). The molecule has 0 N–H and O–H groups in total. The number of aromatic nitrogens is 2. The quantitative estimate of drug-likeness (QED) is 0.766. The number of Topliss-reactive ketones (excluding diaryl/α,β-unsaturated/α-hetero) is 1. The van der Waals surface area contributed by atoms with E-state index in [4.69, 9.17) is 14.0 Å². The molecular formula is C13H14N2O4. The van der Waals surface area contributed by atoms with Gasteiger partial charge in [0.15, 0.2) is 17.3 Å². The molecule has 2 aromatic rings. The number of methoxy groups -OCH3 is 2. The molecule has 0 amide bonds. The van der Waals surface area contributed by atoms with E-state index in [2.05, 4.69) is 10.1 Å². The third kappa shape index (κ3) is 2.90. The zero-order valence-corrected chi connectivity index (χ0v) is 11.0.